The van der Waals surface area contributed by atoms with Crippen molar-refractivity contribution < 1.29 is 9.90 Å². The highest BCUT2D eigenvalue weighted by molar-refractivity contribution is 5.81. The van der Waals surface area contributed by atoms with Crippen molar-refractivity contribution in [3.8, 4) is 0 Å². The number of carboxylic acid groups (broad SMARTS) is 1. The van der Waals surface area contributed by atoms with E-state index in [2.05, 4.69) is 17.0 Å². The van der Waals surface area contributed by atoms with Crippen LogP contribution in [0.25, 0.3) is 0 Å². The van der Waals surface area contributed by atoms with Gasteiger partial charge in [0.15, 0.2) is 0 Å². The Morgan fingerprint density at radius 3 is 2.16 bits per heavy atom. The topological polar surface area (TPSA) is 40.5 Å². The molecule has 0 saturated heterocycles. The number of hydrogen-bond donors (Lipinski definition) is 1. The molecule has 0 amide bonds. The van der Waals surface area contributed by atoms with E-state index in [9.17, 15) is 9.90 Å². The van der Waals surface area contributed by atoms with Gasteiger partial charge >= 0.3 is 5.97 Å². The lowest BCUT2D eigenvalue weighted by Crippen LogP contribution is -2.36. The summed E-state index contributed by atoms with van der Waals surface area (Å²) in [7, 11) is 0. The Morgan fingerprint density at radius 2 is 1.68 bits per heavy atom. The van der Waals surface area contributed by atoms with Crippen LogP contribution in [0.3, 0.4) is 0 Å². The minimum absolute atomic E-state index is 0.747. The first-order valence-electron chi connectivity index (χ1n) is 7.15. The van der Waals surface area contributed by atoms with Crippen LogP contribution < -0.4 is 4.90 Å². The fourth-order valence-corrected chi connectivity index (χ4v) is 3.29. The van der Waals surface area contributed by atoms with Crippen molar-refractivity contribution in [3.63, 3.8) is 0 Å². The molecule has 1 N–H and O–H groups in total. The fraction of sp³-hybridized carbons (Fsp3) is 0.562. The lowest BCUT2D eigenvalue weighted by Gasteiger charge is -2.38. The number of nitrogens with zero attached hydrogens (tertiary/aromatic N) is 1. The summed E-state index contributed by atoms with van der Waals surface area (Å²) in [5, 5.41) is 9.42. The van der Waals surface area contributed by atoms with Crippen molar-refractivity contribution in [3.05, 3.63) is 28.8 Å². The zero-order valence-corrected chi connectivity index (χ0v) is 11.7. The van der Waals surface area contributed by atoms with Crippen LogP contribution >= 0.6 is 0 Å². The monoisotopic (exact) mass is 259 g/mol. The molecule has 0 atom stereocenters. The molecule has 3 rings (SSSR count). The molecule has 0 aliphatic carbocycles. The molecule has 3 nitrogen and oxygen atoms in total. The third-order valence-corrected chi connectivity index (χ3v) is 4.59. The number of rotatable bonds is 2. The van der Waals surface area contributed by atoms with E-state index in [1.807, 2.05) is 0 Å². The number of aliphatic carboxylic acids is 1. The van der Waals surface area contributed by atoms with Gasteiger partial charge in [-0.1, -0.05) is 12.1 Å². The fourth-order valence-electron chi connectivity index (χ4n) is 3.29. The second kappa shape index (κ2) is 4.26. The van der Waals surface area contributed by atoms with E-state index in [0.717, 1.165) is 31.5 Å². The van der Waals surface area contributed by atoms with E-state index < -0.39 is 11.4 Å². The lowest BCUT2D eigenvalue weighted by atomic mass is 9.80. The number of carbonyl (C=O) groups is 1. The Morgan fingerprint density at radius 1 is 1.16 bits per heavy atom. The number of carboxylic acids is 1. The van der Waals surface area contributed by atoms with Crippen LogP contribution in [0.4, 0.5) is 5.69 Å². The predicted molar refractivity (Wildman–Crippen MR) is 76.0 cm³/mol. The molecule has 0 aromatic heterocycles. The van der Waals surface area contributed by atoms with Gasteiger partial charge in [-0.3, -0.25) is 4.79 Å². The highest BCUT2D eigenvalue weighted by Gasteiger charge is 2.32. The highest BCUT2D eigenvalue weighted by atomic mass is 16.4. The summed E-state index contributed by atoms with van der Waals surface area (Å²) in [6, 6.07) is 4.26. The quantitative estimate of drug-likeness (QED) is 0.887. The van der Waals surface area contributed by atoms with Crippen molar-refractivity contribution in [1.29, 1.82) is 0 Å². The lowest BCUT2D eigenvalue weighted by molar-refractivity contribution is -0.142. The summed E-state index contributed by atoms with van der Waals surface area (Å²) >= 11 is 0. The number of anilines is 1. The largest absolute Gasteiger partial charge is 0.481 e. The first kappa shape index (κ1) is 12.5. The molecule has 0 saturated carbocycles. The summed E-state index contributed by atoms with van der Waals surface area (Å²) in [4.78, 5) is 13.9. The van der Waals surface area contributed by atoms with Crippen molar-refractivity contribution >= 4 is 11.7 Å². The van der Waals surface area contributed by atoms with Gasteiger partial charge in [0.1, 0.15) is 0 Å². The van der Waals surface area contributed by atoms with Crippen LogP contribution in [-0.2, 0) is 23.1 Å². The Hall–Kier alpha value is -1.51. The van der Waals surface area contributed by atoms with Crippen LogP contribution in [0.15, 0.2) is 12.1 Å². The minimum atomic E-state index is -0.800. The maximum atomic E-state index is 11.5. The molecule has 1 aromatic rings. The highest BCUT2D eigenvalue weighted by Crippen LogP contribution is 2.38. The molecular formula is C16H21NO2. The first-order valence-corrected chi connectivity index (χ1v) is 7.15. The Bertz CT molecular complexity index is 503. The van der Waals surface area contributed by atoms with Crippen molar-refractivity contribution in [2.45, 2.75) is 44.9 Å². The third kappa shape index (κ3) is 1.92. The summed E-state index contributed by atoms with van der Waals surface area (Å²) in [6.45, 7) is 5.91. The molecule has 0 radical (unpaired) electrons. The van der Waals surface area contributed by atoms with E-state index in [-0.39, 0.29) is 0 Å². The molecule has 102 valence electrons. The summed E-state index contributed by atoms with van der Waals surface area (Å²) in [5.41, 5.74) is 4.27. The van der Waals surface area contributed by atoms with E-state index >= 15 is 0 Å². The molecule has 0 spiro atoms. The normalized spacial score (nSPS) is 18.1. The van der Waals surface area contributed by atoms with Crippen LogP contribution in [0, 0.1) is 0 Å². The molecule has 1 aromatic carbocycles. The molecule has 2 aliphatic rings. The van der Waals surface area contributed by atoms with Crippen molar-refractivity contribution in [2.24, 2.45) is 0 Å². The number of benzene rings is 1. The minimum Gasteiger partial charge on any atom is -0.481 e. The zero-order valence-electron chi connectivity index (χ0n) is 11.7. The summed E-state index contributed by atoms with van der Waals surface area (Å²) in [5.74, 6) is -0.747. The van der Waals surface area contributed by atoms with E-state index in [1.54, 1.807) is 13.8 Å². The van der Waals surface area contributed by atoms with E-state index in [0.29, 0.717) is 0 Å². The second-order valence-electron chi connectivity index (χ2n) is 6.27. The first-order chi connectivity index (χ1) is 9.00. The predicted octanol–water partition coefficient (Wildman–Crippen LogP) is 2.75. The number of aryl methyl sites for hydroxylation is 2. The van der Waals surface area contributed by atoms with Crippen molar-refractivity contribution in [2.75, 3.05) is 18.0 Å². The van der Waals surface area contributed by atoms with Gasteiger partial charge in [-0.2, -0.15) is 0 Å². The van der Waals surface area contributed by atoms with Gasteiger partial charge in [-0.25, -0.2) is 0 Å². The van der Waals surface area contributed by atoms with Crippen LogP contribution in [-0.4, -0.2) is 24.2 Å². The smallest absolute Gasteiger partial charge is 0.313 e. The Labute approximate surface area is 114 Å². The van der Waals surface area contributed by atoms with E-state index in [1.165, 1.54) is 29.7 Å². The summed E-state index contributed by atoms with van der Waals surface area (Å²) in [6.07, 6.45) is 4.54. The second-order valence-corrected chi connectivity index (χ2v) is 6.27. The van der Waals surface area contributed by atoms with Crippen LogP contribution in [0.1, 0.15) is 43.4 Å². The summed E-state index contributed by atoms with van der Waals surface area (Å²) < 4.78 is 0. The molecule has 0 unspecified atom stereocenters. The molecule has 0 bridgehead atoms. The molecule has 19 heavy (non-hydrogen) atoms. The Kier molecular flexibility index (Phi) is 2.80. The van der Waals surface area contributed by atoms with Gasteiger partial charge < -0.3 is 10.0 Å². The van der Waals surface area contributed by atoms with Gasteiger partial charge in [0.25, 0.3) is 0 Å². The average molecular weight is 259 g/mol. The van der Waals surface area contributed by atoms with E-state index in [4.69, 9.17) is 0 Å². The standard InChI is InChI=1S/C16H21NO2/c1-16(2,15(18)19)13-9-11-5-3-7-17-8-4-6-12(10-13)14(11)17/h9-10H,3-8H2,1-2H3,(H,18,19). The maximum absolute atomic E-state index is 11.5. The molecular weight excluding hydrogens is 238 g/mol. The molecule has 0 fully saturated rings. The van der Waals surface area contributed by atoms with Gasteiger partial charge in [0, 0.05) is 18.8 Å². The van der Waals surface area contributed by atoms with Crippen LogP contribution in [0.2, 0.25) is 0 Å². The molecule has 2 aliphatic heterocycles. The molecule has 3 heteroatoms. The molecule has 2 heterocycles. The third-order valence-electron chi connectivity index (χ3n) is 4.59. The Balaban J connectivity index is 2.13. The van der Waals surface area contributed by atoms with Gasteiger partial charge in [0.2, 0.25) is 0 Å². The SMILES string of the molecule is CC(C)(C(=O)O)c1cc2c3c(c1)CCCN3CCC2. The van der Waals surface area contributed by atoms with Gasteiger partial charge in [0.05, 0.1) is 5.41 Å². The van der Waals surface area contributed by atoms with Crippen molar-refractivity contribution in [1.82, 2.24) is 0 Å². The van der Waals surface area contributed by atoms with Gasteiger partial charge in [-0.15, -0.1) is 0 Å². The van der Waals surface area contributed by atoms with Gasteiger partial charge in [-0.05, 0) is 56.2 Å². The van der Waals surface area contributed by atoms with Crippen LogP contribution in [0.5, 0.6) is 0 Å². The maximum Gasteiger partial charge on any atom is 0.313 e. The number of hydrogen-bond acceptors (Lipinski definition) is 2. The zero-order chi connectivity index (χ0) is 13.6. The average Bonchev–Trinajstić information content (AvgIpc) is 2.39.